The van der Waals surface area contributed by atoms with Crippen LogP contribution >= 0.6 is 11.6 Å². The molecule has 1 heterocycles. The van der Waals surface area contributed by atoms with Crippen LogP contribution in [0.2, 0.25) is 5.02 Å². The summed E-state index contributed by atoms with van der Waals surface area (Å²) in [5, 5.41) is 2.82. The van der Waals surface area contributed by atoms with E-state index in [1.807, 2.05) is 0 Å². The fourth-order valence-corrected chi connectivity index (χ4v) is 5.59. The zero-order chi connectivity index (χ0) is 21.1. The molecule has 1 amide bonds. The number of carbonyl (C=O) groups excluding carboxylic acids is 2. The van der Waals surface area contributed by atoms with Crippen LogP contribution < -0.4 is 5.32 Å². The third kappa shape index (κ3) is 4.58. The van der Waals surface area contributed by atoms with Crippen molar-refractivity contribution in [2.75, 3.05) is 32.9 Å². The van der Waals surface area contributed by atoms with E-state index in [0.29, 0.717) is 26.1 Å². The molecule has 0 bridgehead atoms. The summed E-state index contributed by atoms with van der Waals surface area (Å²) in [7, 11) is -3.87. The third-order valence-electron chi connectivity index (χ3n) is 5.26. The van der Waals surface area contributed by atoms with Crippen molar-refractivity contribution in [3.63, 3.8) is 0 Å². The molecule has 0 unspecified atom stereocenters. The Bertz CT molecular complexity index is 877. The number of nitrogens with one attached hydrogen (secondary N) is 1. The summed E-state index contributed by atoms with van der Waals surface area (Å²) in [4.78, 5) is 25.2. The molecule has 10 heteroatoms. The second-order valence-electron chi connectivity index (χ2n) is 7.13. The topological polar surface area (TPSA) is 102 Å². The number of ether oxygens (including phenoxy) is 2. The van der Waals surface area contributed by atoms with Crippen molar-refractivity contribution < 1.29 is 27.5 Å². The lowest BCUT2D eigenvalue weighted by molar-refractivity contribution is -0.150. The van der Waals surface area contributed by atoms with Gasteiger partial charge < -0.3 is 14.8 Å². The fourth-order valence-electron chi connectivity index (χ4n) is 3.69. The molecule has 29 heavy (non-hydrogen) atoms. The van der Waals surface area contributed by atoms with Crippen LogP contribution in [-0.2, 0) is 24.3 Å². The Hall–Kier alpha value is -1.68. The maximum Gasteiger partial charge on any atom is 0.331 e. The summed E-state index contributed by atoms with van der Waals surface area (Å²) in [6, 6.07) is 4.09. The number of amides is 1. The number of sulfonamides is 1. The Morgan fingerprint density at radius 1 is 1.24 bits per heavy atom. The second kappa shape index (κ2) is 8.99. The number of benzene rings is 1. The second-order valence-corrected chi connectivity index (χ2v) is 9.44. The van der Waals surface area contributed by atoms with Crippen molar-refractivity contribution >= 4 is 33.5 Å². The largest absolute Gasteiger partial charge is 0.464 e. The van der Waals surface area contributed by atoms with Crippen LogP contribution in [0.3, 0.4) is 0 Å². The molecule has 1 saturated heterocycles. The molecular weight excluding hydrogens is 420 g/mol. The number of hydrogen-bond donors (Lipinski definition) is 1. The van der Waals surface area contributed by atoms with Crippen molar-refractivity contribution in [1.29, 1.82) is 0 Å². The molecule has 0 spiro atoms. The molecule has 0 atom stereocenters. The molecule has 2 aliphatic rings. The molecular formula is C19H25ClN2O6S. The van der Waals surface area contributed by atoms with E-state index in [1.165, 1.54) is 22.5 Å². The zero-order valence-corrected chi connectivity index (χ0v) is 17.9. The maximum absolute atomic E-state index is 13.0. The summed E-state index contributed by atoms with van der Waals surface area (Å²) in [6.45, 7) is 2.99. The molecule has 3 rings (SSSR count). The first-order chi connectivity index (χ1) is 13.8. The minimum Gasteiger partial charge on any atom is -0.464 e. The van der Waals surface area contributed by atoms with Gasteiger partial charge >= 0.3 is 5.97 Å². The Kier molecular flexibility index (Phi) is 6.83. The zero-order valence-electron chi connectivity index (χ0n) is 16.3. The van der Waals surface area contributed by atoms with E-state index in [9.17, 15) is 18.0 Å². The average Bonchev–Trinajstić information content (AvgIpc) is 3.18. The van der Waals surface area contributed by atoms with Crippen LogP contribution in [0, 0.1) is 0 Å². The van der Waals surface area contributed by atoms with Gasteiger partial charge in [0.15, 0.2) is 0 Å². The molecule has 0 aromatic heterocycles. The van der Waals surface area contributed by atoms with Gasteiger partial charge in [-0.15, -0.1) is 0 Å². The lowest BCUT2D eigenvalue weighted by atomic mass is 9.97. The Morgan fingerprint density at radius 3 is 2.52 bits per heavy atom. The van der Waals surface area contributed by atoms with Gasteiger partial charge in [-0.3, -0.25) is 4.79 Å². The predicted molar refractivity (Wildman–Crippen MR) is 106 cm³/mol. The van der Waals surface area contributed by atoms with E-state index in [4.69, 9.17) is 21.1 Å². The molecule has 0 radical (unpaired) electrons. The highest BCUT2D eigenvalue weighted by Gasteiger charge is 2.44. The normalized spacial score (nSPS) is 19.7. The van der Waals surface area contributed by atoms with Crippen LogP contribution in [-0.4, -0.2) is 63.0 Å². The molecule has 8 nitrogen and oxygen atoms in total. The van der Waals surface area contributed by atoms with Crippen molar-refractivity contribution in [2.24, 2.45) is 0 Å². The van der Waals surface area contributed by atoms with E-state index in [2.05, 4.69) is 5.32 Å². The van der Waals surface area contributed by atoms with Gasteiger partial charge in [0, 0.05) is 18.7 Å². The van der Waals surface area contributed by atoms with Gasteiger partial charge in [-0.25, -0.2) is 13.2 Å². The summed E-state index contributed by atoms with van der Waals surface area (Å²) in [6.07, 6.45) is 2.58. The van der Waals surface area contributed by atoms with Crippen LogP contribution in [0.1, 0.15) is 43.0 Å². The van der Waals surface area contributed by atoms with Crippen LogP contribution in [0.25, 0.3) is 0 Å². The summed E-state index contributed by atoms with van der Waals surface area (Å²) < 4.78 is 37.6. The molecule has 1 aromatic carbocycles. The molecule has 1 N–H and O–H groups in total. The van der Waals surface area contributed by atoms with E-state index in [-0.39, 0.29) is 35.2 Å². The van der Waals surface area contributed by atoms with Crippen molar-refractivity contribution in [2.45, 2.75) is 43.0 Å². The first-order valence-electron chi connectivity index (χ1n) is 9.67. The SMILES string of the molecule is CCOC(=O)C1(NC(=O)c2ccc(Cl)c(S(=O)(=O)N3CCOCC3)c2)CCCC1. The first kappa shape index (κ1) is 22.0. The number of rotatable bonds is 6. The third-order valence-corrected chi connectivity index (χ3v) is 7.64. The summed E-state index contributed by atoms with van der Waals surface area (Å²) >= 11 is 6.15. The standard InChI is InChI=1S/C19H25ClN2O6S/c1-2-28-18(24)19(7-3-4-8-19)21-17(23)14-5-6-15(20)16(13-14)29(25,26)22-9-11-27-12-10-22/h5-6,13H,2-4,7-12H2,1H3,(H,21,23). The Morgan fingerprint density at radius 2 is 1.90 bits per heavy atom. The fraction of sp³-hybridized carbons (Fsp3) is 0.579. The molecule has 1 saturated carbocycles. The van der Waals surface area contributed by atoms with Gasteiger partial charge in [0.2, 0.25) is 10.0 Å². The molecule has 1 aromatic rings. The van der Waals surface area contributed by atoms with E-state index in [1.54, 1.807) is 6.92 Å². The average molecular weight is 445 g/mol. The molecule has 1 aliphatic heterocycles. The summed E-state index contributed by atoms with van der Waals surface area (Å²) in [5.41, 5.74) is -0.951. The maximum atomic E-state index is 13.0. The van der Waals surface area contributed by atoms with Gasteiger partial charge in [0.25, 0.3) is 5.91 Å². The number of hydrogen-bond acceptors (Lipinski definition) is 6. The quantitative estimate of drug-likeness (QED) is 0.673. The van der Waals surface area contributed by atoms with Crippen LogP contribution in [0.5, 0.6) is 0 Å². The van der Waals surface area contributed by atoms with Gasteiger partial charge in [-0.05, 0) is 38.0 Å². The Labute approximate surface area is 175 Å². The lowest BCUT2D eigenvalue weighted by Gasteiger charge is -2.28. The van der Waals surface area contributed by atoms with Gasteiger partial charge in [-0.2, -0.15) is 4.31 Å². The van der Waals surface area contributed by atoms with Crippen LogP contribution in [0.4, 0.5) is 0 Å². The highest BCUT2D eigenvalue weighted by molar-refractivity contribution is 7.89. The minimum absolute atomic E-state index is 0.0361. The number of esters is 1. The molecule has 160 valence electrons. The lowest BCUT2D eigenvalue weighted by Crippen LogP contribution is -2.53. The van der Waals surface area contributed by atoms with E-state index in [0.717, 1.165) is 12.8 Å². The first-order valence-corrected chi connectivity index (χ1v) is 11.5. The van der Waals surface area contributed by atoms with E-state index >= 15 is 0 Å². The number of morpholine rings is 1. The predicted octanol–water partition coefficient (Wildman–Crippen LogP) is 1.97. The molecule has 1 aliphatic carbocycles. The van der Waals surface area contributed by atoms with Gasteiger partial charge in [-0.1, -0.05) is 24.4 Å². The molecule has 2 fully saturated rings. The minimum atomic E-state index is -3.87. The van der Waals surface area contributed by atoms with Gasteiger partial charge in [0.1, 0.15) is 10.4 Å². The van der Waals surface area contributed by atoms with Crippen molar-refractivity contribution in [1.82, 2.24) is 9.62 Å². The van der Waals surface area contributed by atoms with Crippen molar-refractivity contribution in [3.8, 4) is 0 Å². The smallest absolute Gasteiger partial charge is 0.331 e. The summed E-state index contributed by atoms with van der Waals surface area (Å²) in [5.74, 6) is -0.990. The van der Waals surface area contributed by atoms with Crippen LogP contribution in [0.15, 0.2) is 23.1 Å². The van der Waals surface area contributed by atoms with Gasteiger partial charge in [0.05, 0.1) is 24.8 Å². The van der Waals surface area contributed by atoms with E-state index < -0.39 is 27.4 Å². The Balaban J connectivity index is 1.86. The monoisotopic (exact) mass is 444 g/mol. The van der Waals surface area contributed by atoms with Crippen molar-refractivity contribution in [3.05, 3.63) is 28.8 Å². The number of halogens is 1. The number of carbonyl (C=O) groups is 2. The highest BCUT2D eigenvalue weighted by atomic mass is 35.5. The highest BCUT2D eigenvalue weighted by Crippen LogP contribution is 2.32. The number of nitrogens with zero attached hydrogens (tertiary/aromatic N) is 1.